The maximum atomic E-state index is 10.8. The predicted octanol–water partition coefficient (Wildman–Crippen LogP) is 1.34. The van der Waals surface area contributed by atoms with Crippen LogP contribution in [0.15, 0.2) is 12.7 Å². The maximum Gasteiger partial charge on any atom is 0.397 e. The molecule has 0 aliphatic carbocycles. The van der Waals surface area contributed by atoms with Crippen molar-refractivity contribution in [3.8, 4) is 0 Å². The van der Waals surface area contributed by atoms with Crippen molar-refractivity contribution < 1.29 is 26.7 Å². The van der Waals surface area contributed by atoms with E-state index in [1.807, 2.05) is 0 Å². The molecule has 6 nitrogen and oxygen atoms in total. The Bertz CT molecular complexity index is 370. The van der Waals surface area contributed by atoms with Gasteiger partial charge in [-0.05, 0) is 26.2 Å². The predicted molar refractivity (Wildman–Crippen MR) is 61.6 cm³/mol. The fourth-order valence-electron chi connectivity index (χ4n) is 1.10. The van der Waals surface area contributed by atoms with Gasteiger partial charge in [-0.2, -0.15) is 8.42 Å². The van der Waals surface area contributed by atoms with Gasteiger partial charge in [0.15, 0.2) is 0 Å². The Morgan fingerprint density at radius 2 is 2.06 bits per heavy atom. The highest BCUT2D eigenvalue weighted by atomic mass is 32.3. The summed E-state index contributed by atoms with van der Waals surface area (Å²) in [5.74, 6) is -0.771. The molecule has 0 fully saturated rings. The maximum absolute atomic E-state index is 10.8. The Labute approximate surface area is 102 Å². The molecule has 0 saturated carbocycles. The van der Waals surface area contributed by atoms with Crippen molar-refractivity contribution in [3.63, 3.8) is 0 Å². The molecule has 0 spiro atoms. The van der Waals surface area contributed by atoms with Gasteiger partial charge in [0, 0.05) is 6.08 Å². The van der Waals surface area contributed by atoms with Gasteiger partial charge in [-0.25, -0.2) is 8.98 Å². The second kappa shape index (κ2) is 6.13. The van der Waals surface area contributed by atoms with Gasteiger partial charge in [-0.15, -0.1) is 0 Å². The first-order valence-electron chi connectivity index (χ1n) is 5.05. The molecular formula is C10H18O6S. The number of rotatable bonds is 7. The molecule has 0 aromatic heterocycles. The fourth-order valence-corrected chi connectivity index (χ4v) is 1.80. The largest absolute Gasteiger partial charge is 0.463 e. The summed E-state index contributed by atoms with van der Waals surface area (Å²) in [5, 5.41) is 0. The molecule has 1 N–H and O–H groups in total. The van der Waals surface area contributed by atoms with Crippen molar-refractivity contribution in [1.29, 1.82) is 0 Å². The van der Waals surface area contributed by atoms with Crippen molar-refractivity contribution in [1.82, 2.24) is 0 Å². The van der Waals surface area contributed by atoms with E-state index in [2.05, 4.69) is 10.8 Å². The Balaban J connectivity index is 4.25. The van der Waals surface area contributed by atoms with Crippen molar-refractivity contribution in [3.05, 3.63) is 12.7 Å². The first kappa shape index (κ1) is 16.1. The van der Waals surface area contributed by atoms with Gasteiger partial charge in [0.1, 0.15) is 0 Å². The van der Waals surface area contributed by atoms with E-state index in [0.717, 1.165) is 6.08 Å². The summed E-state index contributed by atoms with van der Waals surface area (Å²) in [5.41, 5.74) is -1.08. The molecular weight excluding hydrogens is 248 g/mol. The summed E-state index contributed by atoms with van der Waals surface area (Å²) in [7, 11) is -4.50. The van der Waals surface area contributed by atoms with Crippen LogP contribution in [-0.4, -0.2) is 31.1 Å². The van der Waals surface area contributed by atoms with Crippen LogP contribution in [-0.2, 0) is 24.1 Å². The van der Waals surface area contributed by atoms with E-state index < -0.39 is 22.0 Å². The number of carbonyl (C=O) groups excluding carboxylic acids is 1. The molecule has 0 aliphatic heterocycles. The fraction of sp³-hybridized carbons (Fsp3) is 0.700. The van der Waals surface area contributed by atoms with Crippen LogP contribution < -0.4 is 0 Å². The molecule has 0 bridgehead atoms. The van der Waals surface area contributed by atoms with Gasteiger partial charge >= 0.3 is 16.4 Å². The van der Waals surface area contributed by atoms with E-state index in [4.69, 9.17) is 9.29 Å². The molecule has 0 saturated heterocycles. The normalized spacial score (nSPS) is 14.1. The van der Waals surface area contributed by atoms with Crippen molar-refractivity contribution >= 4 is 16.4 Å². The topological polar surface area (TPSA) is 89.9 Å². The second-order valence-electron chi connectivity index (χ2n) is 4.18. The average Bonchev–Trinajstić information content (AvgIpc) is 2.13. The summed E-state index contributed by atoms with van der Waals surface area (Å²) in [6.07, 6.45) is 1.45. The second-order valence-corrected chi connectivity index (χ2v) is 5.20. The van der Waals surface area contributed by atoms with Gasteiger partial charge in [0.05, 0.1) is 12.2 Å². The first-order chi connectivity index (χ1) is 7.58. The third-order valence-corrected chi connectivity index (χ3v) is 3.11. The van der Waals surface area contributed by atoms with Gasteiger partial charge in [-0.3, -0.25) is 4.55 Å². The molecule has 0 aromatic rings. The van der Waals surface area contributed by atoms with Crippen molar-refractivity contribution in [2.45, 2.75) is 32.8 Å². The van der Waals surface area contributed by atoms with Crippen LogP contribution in [0, 0.1) is 5.92 Å². The third kappa shape index (κ3) is 7.09. The molecule has 0 rings (SSSR count). The molecule has 0 aliphatic rings. The lowest BCUT2D eigenvalue weighted by Crippen LogP contribution is -2.35. The lowest BCUT2D eigenvalue weighted by atomic mass is 9.90. The highest BCUT2D eigenvalue weighted by Gasteiger charge is 2.31. The van der Waals surface area contributed by atoms with Gasteiger partial charge in [-0.1, -0.05) is 13.5 Å². The number of esters is 1. The SMILES string of the molecule is C=CC(=O)OCCC(C)C(C)(C)OS(=O)(=O)O. The van der Waals surface area contributed by atoms with Crippen LogP contribution >= 0.6 is 0 Å². The van der Waals surface area contributed by atoms with Crippen molar-refractivity contribution in [2.75, 3.05) is 6.61 Å². The Kier molecular flexibility index (Phi) is 5.80. The summed E-state index contributed by atoms with van der Waals surface area (Å²) >= 11 is 0. The van der Waals surface area contributed by atoms with E-state index in [1.54, 1.807) is 6.92 Å². The van der Waals surface area contributed by atoms with E-state index in [9.17, 15) is 13.2 Å². The number of hydrogen-bond donors (Lipinski definition) is 1. The minimum Gasteiger partial charge on any atom is -0.463 e. The molecule has 100 valence electrons. The Morgan fingerprint density at radius 3 is 2.47 bits per heavy atom. The molecule has 7 heteroatoms. The molecule has 1 unspecified atom stereocenters. The number of ether oxygens (including phenoxy) is 1. The minimum atomic E-state index is -4.50. The van der Waals surface area contributed by atoms with Crippen LogP contribution in [0.3, 0.4) is 0 Å². The monoisotopic (exact) mass is 266 g/mol. The first-order valence-corrected chi connectivity index (χ1v) is 6.42. The Hall–Kier alpha value is -0.920. The lowest BCUT2D eigenvalue weighted by molar-refractivity contribution is -0.138. The quantitative estimate of drug-likeness (QED) is 0.425. The van der Waals surface area contributed by atoms with E-state index in [1.165, 1.54) is 13.8 Å². The van der Waals surface area contributed by atoms with Crippen LogP contribution in [0.4, 0.5) is 0 Å². The molecule has 0 heterocycles. The smallest absolute Gasteiger partial charge is 0.397 e. The number of carbonyl (C=O) groups is 1. The van der Waals surface area contributed by atoms with Crippen LogP contribution in [0.5, 0.6) is 0 Å². The van der Waals surface area contributed by atoms with E-state index >= 15 is 0 Å². The van der Waals surface area contributed by atoms with Gasteiger partial charge in [0.2, 0.25) is 0 Å². The third-order valence-electron chi connectivity index (χ3n) is 2.47. The van der Waals surface area contributed by atoms with E-state index in [0.29, 0.717) is 6.42 Å². The molecule has 0 radical (unpaired) electrons. The van der Waals surface area contributed by atoms with Gasteiger partial charge in [0.25, 0.3) is 0 Å². The zero-order chi connectivity index (χ0) is 13.7. The number of hydrogen-bond acceptors (Lipinski definition) is 5. The highest BCUT2D eigenvalue weighted by Crippen LogP contribution is 2.25. The van der Waals surface area contributed by atoms with Crippen molar-refractivity contribution in [2.24, 2.45) is 5.92 Å². The molecule has 17 heavy (non-hydrogen) atoms. The zero-order valence-electron chi connectivity index (χ0n) is 10.2. The molecule has 1 atom stereocenters. The highest BCUT2D eigenvalue weighted by molar-refractivity contribution is 7.80. The lowest BCUT2D eigenvalue weighted by Gasteiger charge is -2.29. The van der Waals surface area contributed by atoms with Crippen LogP contribution in [0.1, 0.15) is 27.2 Å². The zero-order valence-corrected chi connectivity index (χ0v) is 11.0. The summed E-state index contributed by atoms with van der Waals surface area (Å²) in [6.45, 7) is 8.16. The summed E-state index contributed by atoms with van der Waals surface area (Å²) in [4.78, 5) is 10.8. The minimum absolute atomic E-state index is 0.129. The van der Waals surface area contributed by atoms with Gasteiger partial charge < -0.3 is 4.74 Å². The average molecular weight is 266 g/mol. The standard InChI is InChI=1S/C10H18O6S/c1-5-9(11)15-7-6-8(2)10(3,4)16-17(12,13)14/h5,8H,1,6-7H2,2-4H3,(H,12,13,14). The van der Waals surface area contributed by atoms with E-state index in [-0.39, 0.29) is 12.5 Å². The van der Waals surface area contributed by atoms with Crippen LogP contribution in [0.2, 0.25) is 0 Å². The van der Waals surface area contributed by atoms with Crippen LogP contribution in [0.25, 0.3) is 0 Å². The summed E-state index contributed by atoms with van der Waals surface area (Å²) < 4.78 is 39.1. The summed E-state index contributed by atoms with van der Waals surface area (Å²) in [6, 6.07) is 0. The molecule has 0 aromatic carbocycles. The molecule has 0 amide bonds. The Morgan fingerprint density at radius 1 is 1.53 bits per heavy atom.